The first-order valence-electron chi connectivity index (χ1n) is 23.9. The Hall–Kier alpha value is -2.54. The molecule has 2 aliphatic carbocycles. The summed E-state index contributed by atoms with van der Waals surface area (Å²) in [5, 5.41) is 0. The van der Waals surface area contributed by atoms with E-state index < -0.39 is 17.4 Å². The van der Waals surface area contributed by atoms with Crippen LogP contribution >= 0.6 is 0 Å². The molecule has 2 heteroatoms. The van der Waals surface area contributed by atoms with E-state index in [1.165, 1.54) is 66.8 Å². The van der Waals surface area contributed by atoms with Crippen LogP contribution in [0.5, 0.6) is 0 Å². The molecule has 0 spiro atoms. The van der Waals surface area contributed by atoms with E-state index in [9.17, 15) is 0 Å². The average molecular weight is 927 g/mol. The molecule has 0 radical (unpaired) electrons. The van der Waals surface area contributed by atoms with Crippen molar-refractivity contribution in [2.24, 2.45) is 10.8 Å². The second kappa shape index (κ2) is 15.5. The van der Waals surface area contributed by atoms with Gasteiger partial charge in [0.15, 0.2) is 0 Å². The summed E-state index contributed by atoms with van der Waals surface area (Å²) >= 11 is -3.94. The minimum atomic E-state index is -3.94. The normalized spacial score (nSPS) is 17.9. The van der Waals surface area contributed by atoms with E-state index in [2.05, 4.69) is 227 Å². The van der Waals surface area contributed by atoms with E-state index in [4.69, 9.17) is 0 Å². The maximum absolute atomic E-state index is 3.94. The maximum atomic E-state index is 2.83. The Bertz CT molecular complexity index is 2310. The van der Waals surface area contributed by atoms with E-state index in [-0.39, 0.29) is 32.5 Å². The van der Waals surface area contributed by atoms with Crippen LogP contribution in [0.25, 0.3) is 34.4 Å². The van der Waals surface area contributed by atoms with Crippen molar-refractivity contribution in [1.82, 2.24) is 0 Å². The van der Waals surface area contributed by atoms with Crippen LogP contribution in [0.2, 0.25) is 9.26 Å². The molecule has 0 nitrogen and oxygen atoms in total. The molecule has 0 aromatic heterocycles. The molecule has 0 fully saturated rings. The standard InChI is InChI=1S/2C29H39.2CH3.H2Si.Zr/c2*1-19-11-21-13-20(18-27(2,3)4)14-26(25(21)12-19)22-15-23(28(5,6)7)17-24(16-22)29(8,9)10;;;;/h2*11-17H,18H2,1-10H3;2*1H3;1H2;. The van der Waals surface area contributed by atoms with Crippen LogP contribution in [-0.2, 0) is 51.9 Å². The van der Waals surface area contributed by atoms with Crippen LogP contribution in [0, 0.1) is 10.8 Å². The van der Waals surface area contributed by atoms with Gasteiger partial charge in [-0.15, -0.1) is 0 Å². The molecule has 2 aliphatic rings. The van der Waals surface area contributed by atoms with Crippen molar-refractivity contribution in [3.05, 3.63) is 127 Å². The molecule has 334 valence electrons. The van der Waals surface area contributed by atoms with Gasteiger partial charge in [-0.25, -0.2) is 0 Å². The average Bonchev–Trinajstić information content (AvgIpc) is 3.60. The molecule has 0 heterocycles. The molecule has 62 heavy (non-hydrogen) atoms. The molecule has 0 N–H and O–H groups in total. The summed E-state index contributed by atoms with van der Waals surface area (Å²) < 4.78 is 6.55. The summed E-state index contributed by atoms with van der Waals surface area (Å²) in [7, 11) is 0. The molecule has 4 aromatic carbocycles. The van der Waals surface area contributed by atoms with Crippen LogP contribution in [0.4, 0.5) is 0 Å². The molecule has 0 saturated heterocycles. The van der Waals surface area contributed by atoms with Crippen molar-refractivity contribution in [1.29, 1.82) is 0 Å². The Morgan fingerprint density at radius 1 is 0.419 bits per heavy atom. The zero-order chi connectivity index (χ0) is 46.7. The van der Waals surface area contributed by atoms with Gasteiger partial charge in [-0.1, -0.05) is 0 Å². The summed E-state index contributed by atoms with van der Waals surface area (Å²) in [6.45, 7) is 50.4. The second-order valence-electron chi connectivity index (χ2n) is 27.9. The Morgan fingerprint density at radius 2 is 0.694 bits per heavy atom. The zero-order valence-corrected chi connectivity index (χ0v) is 47.6. The third kappa shape index (κ3) is 9.98. The van der Waals surface area contributed by atoms with Crippen molar-refractivity contribution < 1.29 is 17.4 Å². The Kier molecular flexibility index (Phi) is 12.3. The molecule has 0 saturated carbocycles. The molecule has 6 rings (SSSR count). The fourth-order valence-electron chi connectivity index (χ4n) is 11.3. The third-order valence-corrected chi connectivity index (χ3v) is 32.1. The number of hydrogen-bond donors (Lipinski definition) is 0. The fraction of sp³-hybridized carbons (Fsp3) is 0.533. The van der Waals surface area contributed by atoms with E-state index in [0.29, 0.717) is 7.25 Å². The van der Waals surface area contributed by atoms with Crippen molar-refractivity contribution in [3.63, 3.8) is 0 Å². The van der Waals surface area contributed by atoms with Gasteiger partial charge in [0.2, 0.25) is 0 Å². The summed E-state index contributed by atoms with van der Waals surface area (Å²) in [4.78, 5) is 0. The monoisotopic (exact) mass is 925 g/mol. The summed E-state index contributed by atoms with van der Waals surface area (Å²) in [6.07, 6.45) is 7.38. The van der Waals surface area contributed by atoms with Gasteiger partial charge in [-0.2, -0.15) is 0 Å². The van der Waals surface area contributed by atoms with E-state index in [0.717, 1.165) is 12.8 Å². The molecule has 2 unspecified atom stereocenters. The van der Waals surface area contributed by atoms with Gasteiger partial charge < -0.3 is 0 Å². The molecular weight excluding hydrogens is 840 g/mol. The van der Waals surface area contributed by atoms with Crippen molar-refractivity contribution >= 4 is 19.0 Å². The topological polar surface area (TPSA) is 0 Å². The van der Waals surface area contributed by atoms with Gasteiger partial charge in [0, 0.05) is 0 Å². The SMILES string of the molecule is CC1=Cc2c(-c3cc(C(C)(C)C)cc(C(C)(C)C)c3)cc(CC(C)(C)C)cc2[CH]1[Zr]([CH3])([CH3])(=[SiH2])[CH]1C(C)=Cc2c(-c3cc(C(C)(C)C)cc(C(C)(C)C)c3)cc(CC(C)(C)C)cc21. The number of benzene rings is 4. The van der Waals surface area contributed by atoms with Crippen molar-refractivity contribution in [3.8, 4) is 22.3 Å². The van der Waals surface area contributed by atoms with Crippen LogP contribution in [0.1, 0.15) is 201 Å². The first-order valence-corrected chi connectivity index (χ1v) is 37.6. The molecule has 0 amide bonds. The Labute approximate surface area is 383 Å². The molecular formula is C60H86SiZr. The van der Waals surface area contributed by atoms with Crippen LogP contribution in [-0.4, -0.2) is 6.88 Å². The van der Waals surface area contributed by atoms with Gasteiger partial charge >= 0.3 is 386 Å². The van der Waals surface area contributed by atoms with Crippen molar-refractivity contribution in [2.75, 3.05) is 0 Å². The molecule has 2 atom stereocenters. The number of hydrogen-bond acceptors (Lipinski definition) is 0. The Balaban J connectivity index is 1.63. The Morgan fingerprint density at radius 3 is 0.935 bits per heavy atom. The van der Waals surface area contributed by atoms with E-state index in [1.807, 2.05) is 0 Å². The van der Waals surface area contributed by atoms with Gasteiger partial charge in [-0.3, -0.25) is 0 Å². The van der Waals surface area contributed by atoms with E-state index in [1.54, 1.807) is 22.3 Å². The predicted octanol–water partition coefficient (Wildman–Crippen LogP) is 17.3. The predicted molar refractivity (Wildman–Crippen MR) is 278 cm³/mol. The van der Waals surface area contributed by atoms with Gasteiger partial charge in [0.25, 0.3) is 0 Å². The molecule has 0 aliphatic heterocycles. The van der Waals surface area contributed by atoms with Gasteiger partial charge in [0.1, 0.15) is 0 Å². The van der Waals surface area contributed by atoms with Gasteiger partial charge in [0.05, 0.1) is 0 Å². The minimum absolute atomic E-state index is 0.0519. The van der Waals surface area contributed by atoms with Gasteiger partial charge in [-0.05, 0) is 0 Å². The number of fused-ring (bicyclic) bond motifs is 2. The van der Waals surface area contributed by atoms with Crippen molar-refractivity contribution in [2.45, 2.75) is 189 Å². The van der Waals surface area contributed by atoms with Crippen LogP contribution < -0.4 is 0 Å². The number of allylic oxidation sites excluding steroid dienone is 2. The molecule has 0 bridgehead atoms. The fourth-order valence-corrected chi connectivity index (χ4v) is 32.5. The quantitative estimate of drug-likeness (QED) is 0.169. The number of rotatable bonds is 6. The third-order valence-electron chi connectivity index (χ3n) is 14.1. The first kappa shape index (κ1) is 48.9. The first-order chi connectivity index (χ1) is 27.8. The zero-order valence-electron chi connectivity index (χ0n) is 43.7. The second-order valence-corrected chi connectivity index (χ2v) is 58.4. The van der Waals surface area contributed by atoms with Crippen LogP contribution in [0.15, 0.2) is 71.8 Å². The van der Waals surface area contributed by atoms with E-state index >= 15 is 0 Å². The summed E-state index contributed by atoms with van der Waals surface area (Å²) in [5.74, 6) is 0. The summed E-state index contributed by atoms with van der Waals surface area (Å²) in [6, 6.07) is 25.6. The van der Waals surface area contributed by atoms with Crippen LogP contribution in [0.3, 0.4) is 0 Å². The molecule has 4 aromatic rings. The summed E-state index contributed by atoms with van der Waals surface area (Å²) in [5.41, 5.74) is 24.1.